The topological polar surface area (TPSA) is 50.9 Å². The average Bonchev–Trinajstić information content (AvgIpc) is 3.01. The van der Waals surface area contributed by atoms with Gasteiger partial charge in [0.1, 0.15) is 5.82 Å². The Labute approximate surface area is 119 Å². The van der Waals surface area contributed by atoms with Gasteiger partial charge >= 0.3 is 0 Å². The molecular formula is C14H22N6. The highest BCUT2D eigenvalue weighted by molar-refractivity contribution is 5.11. The van der Waals surface area contributed by atoms with Crippen LogP contribution in [0.4, 0.5) is 0 Å². The molecule has 0 spiro atoms. The van der Waals surface area contributed by atoms with Crippen molar-refractivity contribution < 1.29 is 0 Å². The Morgan fingerprint density at radius 1 is 1.45 bits per heavy atom. The fourth-order valence-electron chi connectivity index (χ4n) is 2.60. The lowest BCUT2D eigenvalue weighted by molar-refractivity contribution is 0.305. The van der Waals surface area contributed by atoms with E-state index in [0.717, 1.165) is 50.8 Å². The lowest BCUT2D eigenvalue weighted by atomic mass is 10.3. The molecule has 108 valence electrons. The molecule has 1 N–H and O–H groups in total. The number of fused-ring (bicyclic) bond motifs is 1. The molecule has 0 amide bonds. The van der Waals surface area contributed by atoms with Crippen molar-refractivity contribution in [1.82, 2.24) is 29.5 Å². The molecule has 0 fully saturated rings. The molecule has 3 heterocycles. The minimum atomic E-state index is 0.897. The molecule has 0 atom stereocenters. The van der Waals surface area contributed by atoms with E-state index in [1.54, 1.807) is 0 Å². The highest BCUT2D eigenvalue weighted by Crippen LogP contribution is 2.09. The van der Waals surface area contributed by atoms with Crippen molar-refractivity contribution in [2.75, 3.05) is 20.1 Å². The van der Waals surface area contributed by atoms with E-state index in [4.69, 9.17) is 0 Å². The molecule has 1 aliphatic rings. The van der Waals surface area contributed by atoms with Gasteiger partial charge in [-0.1, -0.05) is 0 Å². The fraction of sp³-hybridized carbons (Fsp3) is 0.571. The fourth-order valence-corrected chi connectivity index (χ4v) is 2.60. The van der Waals surface area contributed by atoms with E-state index in [9.17, 15) is 0 Å². The molecule has 3 rings (SSSR count). The minimum absolute atomic E-state index is 0.897. The second kappa shape index (κ2) is 5.76. The van der Waals surface area contributed by atoms with Crippen molar-refractivity contribution in [3.8, 4) is 0 Å². The highest BCUT2D eigenvalue weighted by Gasteiger charge is 2.12. The molecule has 2 aromatic heterocycles. The standard InChI is InChI=1S/C14H22N6/c1-12-16-4-5-19(12)8-7-18(2)11-13-9-14-10-15-3-6-20(14)17-13/h4-5,9,15H,3,6-8,10-11H2,1-2H3. The predicted molar refractivity (Wildman–Crippen MR) is 77.2 cm³/mol. The molecule has 20 heavy (non-hydrogen) atoms. The zero-order valence-electron chi connectivity index (χ0n) is 12.2. The number of likely N-dealkylation sites (N-methyl/N-ethyl adjacent to an activating group) is 1. The Morgan fingerprint density at radius 2 is 2.35 bits per heavy atom. The summed E-state index contributed by atoms with van der Waals surface area (Å²) in [6, 6.07) is 2.21. The summed E-state index contributed by atoms with van der Waals surface area (Å²) in [6.07, 6.45) is 3.88. The summed E-state index contributed by atoms with van der Waals surface area (Å²) < 4.78 is 4.30. The first kappa shape index (κ1) is 13.3. The van der Waals surface area contributed by atoms with Crippen molar-refractivity contribution >= 4 is 0 Å². The summed E-state index contributed by atoms with van der Waals surface area (Å²) in [5, 5.41) is 8.04. The quantitative estimate of drug-likeness (QED) is 0.868. The summed E-state index contributed by atoms with van der Waals surface area (Å²) in [7, 11) is 2.14. The van der Waals surface area contributed by atoms with Gasteiger partial charge in [0.05, 0.1) is 17.9 Å². The molecule has 0 aliphatic carbocycles. The molecule has 0 unspecified atom stereocenters. The molecule has 0 saturated heterocycles. The Kier molecular flexibility index (Phi) is 3.84. The third-order valence-corrected chi connectivity index (χ3v) is 3.80. The molecule has 6 heteroatoms. The first-order chi connectivity index (χ1) is 9.72. The average molecular weight is 274 g/mol. The van der Waals surface area contributed by atoms with Crippen LogP contribution in [-0.4, -0.2) is 44.4 Å². The van der Waals surface area contributed by atoms with E-state index in [1.807, 2.05) is 19.3 Å². The van der Waals surface area contributed by atoms with E-state index >= 15 is 0 Å². The molecule has 2 aromatic rings. The molecule has 0 radical (unpaired) electrons. The summed E-state index contributed by atoms with van der Waals surface area (Å²) in [4.78, 5) is 6.55. The minimum Gasteiger partial charge on any atom is -0.334 e. The van der Waals surface area contributed by atoms with Crippen LogP contribution in [0, 0.1) is 6.92 Å². The Morgan fingerprint density at radius 3 is 3.10 bits per heavy atom. The third-order valence-electron chi connectivity index (χ3n) is 3.80. The van der Waals surface area contributed by atoms with Gasteiger partial charge in [-0.2, -0.15) is 5.10 Å². The van der Waals surface area contributed by atoms with Crippen LogP contribution in [0.1, 0.15) is 17.2 Å². The monoisotopic (exact) mass is 274 g/mol. The number of imidazole rings is 1. The number of hydrogen-bond donors (Lipinski definition) is 1. The zero-order chi connectivity index (χ0) is 13.9. The normalized spacial score (nSPS) is 14.8. The van der Waals surface area contributed by atoms with Crippen LogP contribution in [0.15, 0.2) is 18.5 Å². The van der Waals surface area contributed by atoms with Crippen molar-refractivity contribution in [1.29, 1.82) is 0 Å². The van der Waals surface area contributed by atoms with Gasteiger partial charge in [-0.25, -0.2) is 4.98 Å². The maximum Gasteiger partial charge on any atom is 0.105 e. The van der Waals surface area contributed by atoms with Crippen LogP contribution in [0.5, 0.6) is 0 Å². The Balaban J connectivity index is 1.54. The van der Waals surface area contributed by atoms with Gasteiger partial charge in [0.2, 0.25) is 0 Å². The van der Waals surface area contributed by atoms with Gasteiger partial charge in [-0.15, -0.1) is 0 Å². The molecule has 6 nitrogen and oxygen atoms in total. The van der Waals surface area contributed by atoms with E-state index in [-0.39, 0.29) is 0 Å². The van der Waals surface area contributed by atoms with Gasteiger partial charge in [-0.3, -0.25) is 9.58 Å². The van der Waals surface area contributed by atoms with Gasteiger partial charge in [0.25, 0.3) is 0 Å². The molecule has 0 bridgehead atoms. The van der Waals surface area contributed by atoms with Crippen molar-refractivity contribution in [2.45, 2.75) is 33.1 Å². The van der Waals surface area contributed by atoms with Gasteiger partial charge in [0, 0.05) is 45.1 Å². The summed E-state index contributed by atoms with van der Waals surface area (Å²) in [5.41, 5.74) is 2.46. The van der Waals surface area contributed by atoms with E-state index in [1.165, 1.54) is 5.69 Å². The van der Waals surface area contributed by atoms with Crippen LogP contribution >= 0.6 is 0 Å². The third kappa shape index (κ3) is 2.91. The van der Waals surface area contributed by atoms with Crippen LogP contribution < -0.4 is 5.32 Å². The van der Waals surface area contributed by atoms with E-state index < -0.39 is 0 Å². The number of rotatable bonds is 5. The SMILES string of the molecule is Cc1nccn1CCN(C)Cc1cc2n(n1)CCNC2. The van der Waals surface area contributed by atoms with Crippen molar-refractivity contribution in [2.24, 2.45) is 0 Å². The number of aromatic nitrogens is 4. The highest BCUT2D eigenvalue weighted by atomic mass is 15.3. The summed E-state index contributed by atoms with van der Waals surface area (Å²) in [6.45, 7) is 7.83. The van der Waals surface area contributed by atoms with Gasteiger partial charge < -0.3 is 9.88 Å². The van der Waals surface area contributed by atoms with Crippen molar-refractivity contribution in [3.05, 3.63) is 35.7 Å². The van der Waals surface area contributed by atoms with Gasteiger partial charge in [-0.05, 0) is 20.0 Å². The Bertz CT molecular complexity index is 546. The zero-order valence-corrected chi connectivity index (χ0v) is 12.2. The lowest BCUT2D eigenvalue weighted by Crippen LogP contribution is -2.28. The second-order valence-corrected chi connectivity index (χ2v) is 5.43. The number of aryl methyl sites for hydroxylation is 1. The lowest BCUT2D eigenvalue weighted by Gasteiger charge is -2.16. The van der Waals surface area contributed by atoms with E-state index in [0.29, 0.717) is 0 Å². The largest absolute Gasteiger partial charge is 0.334 e. The summed E-state index contributed by atoms with van der Waals surface area (Å²) in [5.74, 6) is 1.07. The number of hydrogen-bond acceptors (Lipinski definition) is 4. The first-order valence-corrected chi connectivity index (χ1v) is 7.15. The van der Waals surface area contributed by atoms with Crippen LogP contribution in [0.25, 0.3) is 0 Å². The maximum absolute atomic E-state index is 4.67. The summed E-state index contributed by atoms with van der Waals surface area (Å²) >= 11 is 0. The maximum atomic E-state index is 4.67. The molecule has 0 aromatic carbocycles. The van der Waals surface area contributed by atoms with Crippen LogP contribution in [-0.2, 0) is 26.2 Å². The molecule has 1 aliphatic heterocycles. The van der Waals surface area contributed by atoms with Gasteiger partial charge in [0.15, 0.2) is 0 Å². The Hall–Kier alpha value is -1.66. The number of nitrogens with one attached hydrogen (secondary N) is 1. The van der Waals surface area contributed by atoms with Crippen LogP contribution in [0.2, 0.25) is 0 Å². The first-order valence-electron chi connectivity index (χ1n) is 7.15. The molecule has 0 saturated carbocycles. The van der Waals surface area contributed by atoms with Crippen LogP contribution in [0.3, 0.4) is 0 Å². The van der Waals surface area contributed by atoms with Crippen molar-refractivity contribution in [3.63, 3.8) is 0 Å². The molecular weight excluding hydrogens is 252 g/mol. The predicted octanol–water partition coefficient (Wildman–Crippen LogP) is 0.623. The second-order valence-electron chi connectivity index (χ2n) is 5.43. The smallest absolute Gasteiger partial charge is 0.105 e. The van der Waals surface area contributed by atoms with E-state index in [2.05, 4.69) is 42.7 Å². The number of nitrogens with zero attached hydrogens (tertiary/aromatic N) is 5.